The van der Waals surface area contributed by atoms with Crippen LogP contribution >= 0.6 is 11.6 Å². The predicted octanol–water partition coefficient (Wildman–Crippen LogP) is 3.81. The normalized spacial score (nSPS) is 18.4. The van der Waals surface area contributed by atoms with Crippen LogP contribution in [0, 0.1) is 5.92 Å². The Kier molecular flexibility index (Phi) is 8.93. The Morgan fingerprint density at radius 3 is 2.69 bits per heavy atom. The number of nitrogens with one attached hydrogen (secondary N) is 1. The van der Waals surface area contributed by atoms with Crippen LogP contribution in [-0.2, 0) is 16.1 Å². The van der Waals surface area contributed by atoms with Gasteiger partial charge in [-0.25, -0.2) is 9.97 Å². The van der Waals surface area contributed by atoms with E-state index in [1.165, 1.54) is 13.3 Å². The van der Waals surface area contributed by atoms with E-state index in [1.54, 1.807) is 0 Å². The zero-order valence-corrected chi connectivity index (χ0v) is 19.4. The lowest BCUT2D eigenvalue weighted by molar-refractivity contribution is -0.120. The highest BCUT2D eigenvalue weighted by molar-refractivity contribution is 6.33. The number of carbonyl (C=O) groups is 1. The molecule has 1 heterocycles. The summed E-state index contributed by atoms with van der Waals surface area (Å²) in [6, 6.07) is 7.68. The molecular formula is C23H30ClN3O5. The fraction of sp³-hybridized carbons (Fsp3) is 0.522. The van der Waals surface area contributed by atoms with Crippen LogP contribution < -0.4 is 19.5 Å². The number of carbonyl (C=O) groups excluding carboxylic acids is 1. The van der Waals surface area contributed by atoms with E-state index in [1.807, 2.05) is 38.1 Å². The number of nitrogens with zero attached hydrogens (tertiary/aromatic N) is 2. The molecule has 1 saturated carbocycles. The van der Waals surface area contributed by atoms with Gasteiger partial charge in [-0.3, -0.25) is 4.79 Å². The summed E-state index contributed by atoms with van der Waals surface area (Å²) < 4.78 is 22.9. The summed E-state index contributed by atoms with van der Waals surface area (Å²) in [6.45, 7) is 7.27. The third-order valence-electron chi connectivity index (χ3n) is 4.99. The molecule has 1 fully saturated rings. The highest BCUT2D eigenvalue weighted by Crippen LogP contribution is 2.34. The van der Waals surface area contributed by atoms with Crippen molar-refractivity contribution in [1.29, 1.82) is 0 Å². The first-order valence-electron chi connectivity index (χ1n) is 10.8. The van der Waals surface area contributed by atoms with E-state index in [0.717, 1.165) is 24.2 Å². The van der Waals surface area contributed by atoms with Crippen molar-refractivity contribution in [2.75, 3.05) is 19.8 Å². The van der Waals surface area contributed by atoms with Crippen LogP contribution in [0.15, 0.2) is 30.6 Å². The molecule has 1 N–H and O–H groups in total. The average Bonchev–Trinajstić information content (AvgIpc) is 2.72. The Labute approximate surface area is 193 Å². The van der Waals surface area contributed by atoms with Crippen molar-refractivity contribution in [1.82, 2.24) is 15.3 Å². The SMILES string of the molecule is CCOc1cccc(COc2ncnc(OC[C@H]3C[C@H](OC[C@H](C)NC(C)=O)C3)c2Cl)c1. The van der Waals surface area contributed by atoms with Gasteiger partial charge < -0.3 is 24.3 Å². The first kappa shape index (κ1) is 24.1. The van der Waals surface area contributed by atoms with Crippen molar-refractivity contribution in [3.63, 3.8) is 0 Å². The molecule has 3 rings (SSSR count). The van der Waals surface area contributed by atoms with E-state index in [0.29, 0.717) is 38.2 Å². The van der Waals surface area contributed by atoms with E-state index < -0.39 is 0 Å². The van der Waals surface area contributed by atoms with Gasteiger partial charge in [0.2, 0.25) is 17.7 Å². The summed E-state index contributed by atoms with van der Waals surface area (Å²) in [4.78, 5) is 19.3. The molecular weight excluding hydrogens is 434 g/mol. The maximum absolute atomic E-state index is 11.0. The lowest BCUT2D eigenvalue weighted by Gasteiger charge is -2.35. The molecule has 1 aromatic heterocycles. The Hall–Kier alpha value is -2.58. The number of hydrogen-bond acceptors (Lipinski definition) is 7. The van der Waals surface area contributed by atoms with E-state index >= 15 is 0 Å². The summed E-state index contributed by atoms with van der Waals surface area (Å²) in [7, 11) is 0. The molecule has 8 nitrogen and oxygen atoms in total. The summed E-state index contributed by atoms with van der Waals surface area (Å²) in [5.74, 6) is 1.69. The number of benzene rings is 1. The number of hydrogen-bond donors (Lipinski definition) is 1. The number of halogens is 1. The van der Waals surface area contributed by atoms with Crippen molar-refractivity contribution in [2.45, 2.75) is 52.4 Å². The molecule has 0 saturated heterocycles. The van der Waals surface area contributed by atoms with Gasteiger partial charge in [-0.2, -0.15) is 0 Å². The number of amides is 1. The fourth-order valence-corrected chi connectivity index (χ4v) is 3.60. The molecule has 1 amide bonds. The molecule has 2 aromatic rings. The maximum atomic E-state index is 11.0. The van der Waals surface area contributed by atoms with Gasteiger partial charge in [-0.05, 0) is 50.3 Å². The highest BCUT2D eigenvalue weighted by atomic mass is 35.5. The van der Waals surface area contributed by atoms with Crippen molar-refractivity contribution in [2.24, 2.45) is 5.92 Å². The van der Waals surface area contributed by atoms with E-state index in [4.69, 9.17) is 30.5 Å². The predicted molar refractivity (Wildman–Crippen MR) is 120 cm³/mol. The molecule has 1 aliphatic carbocycles. The molecule has 0 aliphatic heterocycles. The van der Waals surface area contributed by atoms with Gasteiger partial charge in [-0.1, -0.05) is 23.7 Å². The smallest absolute Gasteiger partial charge is 0.240 e. The molecule has 174 valence electrons. The van der Waals surface area contributed by atoms with Gasteiger partial charge in [0.25, 0.3) is 0 Å². The minimum Gasteiger partial charge on any atom is -0.494 e. The van der Waals surface area contributed by atoms with Gasteiger partial charge in [0.1, 0.15) is 18.7 Å². The van der Waals surface area contributed by atoms with Gasteiger partial charge in [0.05, 0.1) is 25.9 Å². The molecule has 0 unspecified atom stereocenters. The van der Waals surface area contributed by atoms with E-state index in [2.05, 4.69) is 15.3 Å². The average molecular weight is 464 g/mol. The number of ether oxygens (including phenoxy) is 4. The Morgan fingerprint density at radius 2 is 1.97 bits per heavy atom. The largest absolute Gasteiger partial charge is 0.494 e. The molecule has 1 atom stereocenters. The molecule has 32 heavy (non-hydrogen) atoms. The first-order valence-corrected chi connectivity index (χ1v) is 11.2. The number of aromatic nitrogens is 2. The van der Waals surface area contributed by atoms with E-state index in [9.17, 15) is 4.79 Å². The zero-order valence-electron chi connectivity index (χ0n) is 18.7. The maximum Gasteiger partial charge on any atom is 0.240 e. The van der Waals surface area contributed by atoms with Crippen LogP contribution in [0.3, 0.4) is 0 Å². The Balaban J connectivity index is 1.42. The molecule has 9 heteroatoms. The second kappa shape index (κ2) is 11.9. The lowest BCUT2D eigenvalue weighted by atomic mass is 9.83. The second-order valence-corrected chi connectivity index (χ2v) is 8.25. The summed E-state index contributed by atoms with van der Waals surface area (Å²) in [5, 5.41) is 3.06. The topological polar surface area (TPSA) is 91.8 Å². The summed E-state index contributed by atoms with van der Waals surface area (Å²) >= 11 is 6.40. The molecule has 0 radical (unpaired) electrons. The van der Waals surface area contributed by atoms with Gasteiger partial charge in [-0.15, -0.1) is 0 Å². The van der Waals surface area contributed by atoms with Crippen LogP contribution in [0.25, 0.3) is 0 Å². The lowest BCUT2D eigenvalue weighted by Crippen LogP contribution is -2.40. The van der Waals surface area contributed by atoms with Crippen LogP contribution in [0.4, 0.5) is 0 Å². The third kappa shape index (κ3) is 7.24. The molecule has 1 aromatic carbocycles. The minimum absolute atomic E-state index is 0.00249. The summed E-state index contributed by atoms with van der Waals surface area (Å²) in [6.07, 6.45) is 3.36. The van der Waals surface area contributed by atoms with Crippen molar-refractivity contribution < 1.29 is 23.7 Å². The Bertz CT molecular complexity index is 892. The van der Waals surface area contributed by atoms with Crippen LogP contribution in [0.2, 0.25) is 5.02 Å². The number of rotatable bonds is 12. The quantitative estimate of drug-likeness (QED) is 0.511. The highest BCUT2D eigenvalue weighted by Gasteiger charge is 2.31. The summed E-state index contributed by atoms with van der Waals surface area (Å²) in [5.41, 5.74) is 0.946. The minimum atomic E-state index is -0.0508. The zero-order chi connectivity index (χ0) is 22.9. The van der Waals surface area contributed by atoms with Crippen molar-refractivity contribution in [3.8, 4) is 17.5 Å². The van der Waals surface area contributed by atoms with E-state index in [-0.39, 0.29) is 29.0 Å². The molecule has 1 aliphatic rings. The van der Waals surface area contributed by atoms with Gasteiger partial charge >= 0.3 is 0 Å². The van der Waals surface area contributed by atoms with Crippen LogP contribution in [0.1, 0.15) is 39.2 Å². The third-order valence-corrected chi connectivity index (χ3v) is 5.31. The van der Waals surface area contributed by atoms with Crippen molar-refractivity contribution in [3.05, 3.63) is 41.2 Å². The first-order chi connectivity index (χ1) is 15.4. The molecule has 0 spiro atoms. The monoisotopic (exact) mass is 463 g/mol. The fourth-order valence-electron chi connectivity index (χ4n) is 3.40. The van der Waals surface area contributed by atoms with Crippen LogP contribution in [-0.4, -0.2) is 47.8 Å². The Morgan fingerprint density at radius 1 is 1.22 bits per heavy atom. The second-order valence-electron chi connectivity index (χ2n) is 7.87. The van der Waals surface area contributed by atoms with Crippen LogP contribution in [0.5, 0.6) is 17.5 Å². The van der Waals surface area contributed by atoms with Crippen molar-refractivity contribution >= 4 is 17.5 Å². The van der Waals surface area contributed by atoms with Gasteiger partial charge in [0.15, 0.2) is 5.02 Å². The molecule has 0 bridgehead atoms. The van der Waals surface area contributed by atoms with Gasteiger partial charge in [0, 0.05) is 13.0 Å². The standard InChI is InChI=1S/C23H30ClN3O5/c1-4-29-19-7-5-6-17(8-19)12-31-22-21(24)23(26-14-25-22)32-13-18-9-20(10-18)30-11-15(2)27-16(3)28/h5-8,14-15,18,20H,4,9-13H2,1-3H3,(H,27,28)/t15-,18-,20-/m0/s1.